The van der Waals surface area contributed by atoms with Gasteiger partial charge in [0.1, 0.15) is 5.75 Å². The zero-order valence-corrected chi connectivity index (χ0v) is 14.6. The fourth-order valence-electron chi connectivity index (χ4n) is 2.06. The highest BCUT2D eigenvalue weighted by Gasteiger charge is 2.05. The first-order valence-electron chi connectivity index (χ1n) is 7.50. The topological polar surface area (TPSA) is 97.3 Å². The fraction of sp³-hybridized carbons (Fsp3) is 0.167. The molecule has 0 fully saturated rings. The van der Waals surface area contributed by atoms with Crippen molar-refractivity contribution in [2.24, 2.45) is 15.9 Å². The molecule has 3 N–H and O–H groups in total. The Labute approximate surface area is 150 Å². The van der Waals surface area contributed by atoms with Crippen LogP contribution in [0.3, 0.4) is 0 Å². The molecule has 0 saturated carbocycles. The zero-order valence-electron chi connectivity index (χ0n) is 13.8. The summed E-state index contributed by atoms with van der Waals surface area (Å²) >= 11 is 1.40. The zero-order chi connectivity index (χ0) is 18.1. The fourth-order valence-corrected chi connectivity index (χ4v) is 2.67. The normalized spacial score (nSPS) is 11.6. The van der Waals surface area contributed by atoms with E-state index in [-0.39, 0.29) is 6.42 Å². The molecule has 0 bridgehead atoms. The summed E-state index contributed by atoms with van der Waals surface area (Å²) in [6.45, 7) is 0. The van der Waals surface area contributed by atoms with Crippen LogP contribution >= 0.6 is 11.8 Å². The van der Waals surface area contributed by atoms with E-state index in [1.165, 1.54) is 25.1 Å². The molecule has 2 rings (SSSR count). The second-order valence-electron chi connectivity index (χ2n) is 5.10. The van der Waals surface area contributed by atoms with Gasteiger partial charge in [-0.2, -0.15) is 5.10 Å². The Hall–Kier alpha value is -2.80. The van der Waals surface area contributed by atoms with Crippen LogP contribution < -0.4 is 10.5 Å². The highest BCUT2D eigenvalue weighted by atomic mass is 32.2. The Balaban J connectivity index is 1.99. The van der Waals surface area contributed by atoms with Crippen LogP contribution in [0.1, 0.15) is 16.7 Å². The largest absolute Gasteiger partial charge is 0.496 e. The van der Waals surface area contributed by atoms with Crippen LogP contribution in [0.2, 0.25) is 0 Å². The number of carbonyl (C=O) groups is 1. The molecule has 0 unspecified atom stereocenters. The number of carboxylic acid groups (broad SMARTS) is 1. The van der Waals surface area contributed by atoms with Gasteiger partial charge in [-0.15, -0.1) is 5.10 Å². The molecule has 25 heavy (non-hydrogen) atoms. The molecule has 2 aromatic carbocycles. The first-order valence-corrected chi connectivity index (χ1v) is 8.49. The van der Waals surface area contributed by atoms with Crippen molar-refractivity contribution >= 4 is 29.1 Å². The summed E-state index contributed by atoms with van der Waals surface area (Å²) in [5.41, 5.74) is 8.35. The molecule has 0 aromatic heterocycles. The Kier molecular flexibility index (Phi) is 7.03. The number of ether oxygens (including phenoxy) is 1. The third kappa shape index (κ3) is 6.31. The molecule has 0 heterocycles. The minimum atomic E-state index is -0.892. The summed E-state index contributed by atoms with van der Waals surface area (Å²) in [6.07, 6.45) is 1.47. The average Bonchev–Trinajstić information content (AvgIpc) is 2.61. The Morgan fingerprint density at radius 2 is 2.00 bits per heavy atom. The molecule has 0 aliphatic heterocycles. The number of thioether (sulfide) groups is 1. The summed E-state index contributed by atoms with van der Waals surface area (Å²) in [5.74, 6) is 0.364. The predicted octanol–water partition coefficient (Wildman–Crippen LogP) is 2.90. The van der Waals surface area contributed by atoms with Gasteiger partial charge in [0.15, 0.2) is 5.17 Å². The number of hydrogen-bond donors (Lipinski definition) is 2. The van der Waals surface area contributed by atoms with E-state index >= 15 is 0 Å². The van der Waals surface area contributed by atoms with Crippen LogP contribution in [0.5, 0.6) is 5.75 Å². The molecule has 2 aromatic rings. The van der Waals surface area contributed by atoms with Crippen molar-refractivity contribution in [2.75, 3.05) is 7.11 Å². The van der Waals surface area contributed by atoms with Gasteiger partial charge < -0.3 is 15.6 Å². The minimum Gasteiger partial charge on any atom is -0.496 e. The molecule has 0 aliphatic carbocycles. The number of amidine groups is 1. The van der Waals surface area contributed by atoms with Crippen molar-refractivity contribution in [3.05, 3.63) is 65.2 Å². The molecule has 7 heteroatoms. The maximum absolute atomic E-state index is 10.8. The van der Waals surface area contributed by atoms with Gasteiger partial charge in [-0.05, 0) is 23.3 Å². The van der Waals surface area contributed by atoms with E-state index in [0.29, 0.717) is 22.0 Å². The SMILES string of the molecule is COc1cc(CC(=O)O)ccc1C=NN=C(N)SCc1ccccc1. The Bertz CT molecular complexity index is 776. The number of nitrogens with two attached hydrogens (primary N) is 1. The third-order valence-electron chi connectivity index (χ3n) is 3.24. The smallest absolute Gasteiger partial charge is 0.307 e. The van der Waals surface area contributed by atoms with Gasteiger partial charge in [0.05, 0.1) is 19.7 Å². The average molecular weight is 357 g/mol. The van der Waals surface area contributed by atoms with Crippen molar-refractivity contribution in [1.29, 1.82) is 0 Å². The van der Waals surface area contributed by atoms with E-state index in [4.69, 9.17) is 15.6 Å². The number of rotatable bonds is 7. The highest BCUT2D eigenvalue weighted by molar-refractivity contribution is 8.13. The lowest BCUT2D eigenvalue weighted by Crippen LogP contribution is -2.06. The van der Waals surface area contributed by atoms with Crippen molar-refractivity contribution < 1.29 is 14.6 Å². The molecule has 0 saturated heterocycles. The number of carboxylic acids is 1. The van der Waals surface area contributed by atoms with Gasteiger partial charge in [-0.1, -0.05) is 48.2 Å². The number of nitrogens with zero attached hydrogens (tertiary/aromatic N) is 2. The van der Waals surface area contributed by atoms with E-state index in [9.17, 15) is 4.79 Å². The number of benzene rings is 2. The van der Waals surface area contributed by atoms with Crippen LogP contribution in [-0.2, 0) is 17.0 Å². The monoisotopic (exact) mass is 357 g/mol. The van der Waals surface area contributed by atoms with E-state index < -0.39 is 5.97 Å². The second kappa shape index (κ2) is 9.48. The third-order valence-corrected chi connectivity index (χ3v) is 4.09. The first-order chi connectivity index (χ1) is 12.1. The number of methoxy groups -OCH3 is 1. The first kappa shape index (κ1) is 18.5. The molecular formula is C18H19N3O3S. The van der Waals surface area contributed by atoms with E-state index in [0.717, 1.165) is 11.3 Å². The lowest BCUT2D eigenvalue weighted by Gasteiger charge is -2.06. The lowest BCUT2D eigenvalue weighted by molar-refractivity contribution is -0.136. The van der Waals surface area contributed by atoms with Crippen molar-refractivity contribution in [2.45, 2.75) is 12.2 Å². The van der Waals surface area contributed by atoms with Gasteiger partial charge in [0.2, 0.25) is 0 Å². The van der Waals surface area contributed by atoms with Gasteiger partial charge in [-0.25, -0.2) is 0 Å². The summed E-state index contributed by atoms with van der Waals surface area (Å²) < 4.78 is 5.26. The second-order valence-corrected chi connectivity index (χ2v) is 6.10. The Morgan fingerprint density at radius 3 is 2.68 bits per heavy atom. The maximum atomic E-state index is 10.8. The summed E-state index contributed by atoms with van der Waals surface area (Å²) in [5, 5.41) is 17.1. The lowest BCUT2D eigenvalue weighted by atomic mass is 10.1. The predicted molar refractivity (Wildman–Crippen MR) is 101 cm³/mol. The summed E-state index contributed by atoms with van der Waals surface area (Å²) in [6, 6.07) is 15.1. The van der Waals surface area contributed by atoms with Crippen LogP contribution in [-0.4, -0.2) is 29.6 Å². The van der Waals surface area contributed by atoms with E-state index in [1.807, 2.05) is 30.3 Å². The highest BCUT2D eigenvalue weighted by Crippen LogP contribution is 2.19. The number of hydrogen-bond acceptors (Lipinski definition) is 5. The van der Waals surface area contributed by atoms with E-state index in [2.05, 4.69) is 10.2 Å². The summed E-state index contributed by atoms with van der Waals surface area (Å²) in [4.78, 5) is 10.8. The van der Waals surface area contributed by atoms with Crippen molar-refractivity contribution in [1.82, 2.24) is 0 Å². The van der Waals surface area contributed by atoms with E-state index in [1.54, 1.807) is 18.2 Å². The molecule has 130 valence electrons. The van der Waals surface area contributed by atoms with Crippen molar-refractivity contribution in [3.8, 4) is 5.75 Å². The molecule has 0 aliphatic rings. The molecule has 0 atom stereocenters. The van der Waals surface area contributed by atoms with Crippen LogP contribution in [0.15, 0.2) is 58.7 Å². The van der Waals surface area contributed by atoms with Gasteiger partial charge >= 0.3 is 5.97 Å². The van der Waals surface area contributed by atoms with Crippen LogP contribution in [0, 0.1) is 0 Å². The van der Waals surface area contributed by atoms with Gasteiger partial charge in [0, 0.05) is 11.3 Å². The summed E-state index contributed by atoms with van der Waals surface area (Å²) in [7, 11) is 1.52. The van der Waals surface area contributed by atoms with Gasteiger partial charge in [0.25, 0.3) is 0 Å². The molecule has 0 spiro atoms. The van der Waals surface area contributed by atoms with Crippen molar-refractivity contribution in [3.63, 3.8) is 0 Å². The molecule has 0 radical (unpaired) electrons. The molecule has 6 nitrogen and oxygen atoms in total. The van der Waals surface area contributed by atoms with Crippen LogP contribution in [0.4, 0.5) is 0 Å². The van der Waals surface area contributed by atoms with Crippen LogP contribution in [0.25, 0.3) is 0 Å². The minimum absolute atomic E-state index is 0.0605. The molecule has 0 amide bonds. The number of aliphatic carboxylic acids is 1. The molecular weight excluding hydrogens is 338 g/mol. The maximum Gasteiger partial charge on any atom is 0.307 e. The Morgan fingerprint density at radius 1 is 1.24 bits per heavy atom. The van der Waals surface area contributed by atoms with Gasteiger partial charge in [-0.3, -0.25) is 4.79 Å². The standard InChI is InChI=1S/C18H19N3O3S/c1-24-16-9-14(10-17(22)23)7-8-15(16)11-20-21-18(19)25-12-13-5-3-2-4-6-13/h2-9,11H,10,12H2,1H3,(H2,19,21)(H,22,23). The quantitative estimate of drug-likeness (QED) is 0.451.